The van der Waals surface area contributed by atoms with Crippen molar-refractivity contribution in [3.63, 3.8) is 0 Å². The van der Waals surface area contributed by atoms with Crippen LogP contribution in [0.15, 0.2) is 24.3 Å². The number of aromatic nitrogens is 2. The summed E-state index contributed by atoms with van der Waals surface area (Å²) in [5.74, 6) is -1.73. The standard InChI is InChI=1S/C19H19F3N6O3/c20-19(21,22)10-2-1-3-11(8-10)24-17(30)12-9-13(29)25-16-14(12)15(23)26-18(27-16)28-4-6-31-7-5-28/h1-3,8,12H,4-7,9H2,(H,24,30)(H3,23,25,26,27,29). The average Bonchev–Trinajstić information content (AvgIpc) is 2.73. The van der Waals surface area contributed by atoms with E-state index in [4.69, 9.17) is 10.5 Å². The van der Waals surface area contributed by atoms with Crippen molar-refractivity contribution in [2.24, 2.45) is 0 Å². The summed E-state index contributed by atoms with van der Waals surface area (Å²) < 4.78 is 44.1. The van der Waals surface area contributed by atoms with Crippen LogP contribution in [0.3, 0.4) is 0 Å². The van der Waals surface area contributed by atoms with Gasteiger partial charge in [-0.2, -0.15) is 23.1 Å². The lowest BCUT2D eigenvalue weighted by molar-refractivity contribution is -0.137. The van der Waals surface area contributed by atoms with Crippen molar-refractivity contribution in [3.8, 4) is 0 Å². The molecule has 1 aromatic heterocycles. The highest BCUT2D eigenvalue weighted by atomic mass is 19.4. The highest BCUT2D eigenvalue weighted by Gasteiger charge is 2.36. The second-order valence-electron chi connectivity index (χ2n) is 7.14. The SMILES string of the molecule is Nc1nc(N2CCOCC2)nc2c1C(C(=O)Nc1cccc(C(F)(F)F)c1)CC(=O)N2. The van der Waals surface area contributed by atoms with Crippen molar-refractivity contribution in [1.29, 1.82) is 0 Å². The summed E-state index contributed by atoms with van der Waals surface area (Å²) in [6.45, 7) is 2.08. The van der Waals surface area contributed by atoms with E-state index in [1.807, 2.05) is 4.90 Å². The first-order valence-electron chi connectivity index (χ1n) is 9.50. The minimum atomic E-state index is -4.55. The van der Waals surface area contributed by atoms with E-state index in [1.54, 1.807) is 0 Å². The molecule has 12 heteroatoms. The molecule has 2 aromatic rings. The molecular weight excluding hydrogens is 417 g/mol. The highest BCUT2D eigenvalue weighted by Crippen LogP contribution is 2.37. The van der Waals surface area contributed by atoms with Gasteiger partial charge in [-0.1, -0.05) is 6.07 Å². The summed E-state index contributed by atoms with van der Waals surface area (Å²) in [6.07, 6.45) is -4.78. The van der Waals surface area contributed by atoms with Gasteiger partial charge in [0.15, 0.2) is 0 Å². The quantitative estimate of drug-likeness (QED) is 0.672. The Morgan fingerprint density at radius 1 is 1.26 bits per heavy atom. The fourth-order valence-corrected chi connectivity index (χ4v) is 3.52. The van der Waals surface area contributed by atoms with E-state index in [1.165, 1.54) is 12.1 Å². The Bertz CT molecular complexity index is 1020. The summed E-state index contributed by atoms with van der Waals surface area (Å²) in [4.78, 5) is 35.5. The molecule has 2 aliphatic rings. The van der Waals surface area contributed by atoms with E-state index < -0.39 is 29.5 Å². The zero-order valence-electron chi connectivity index (χ0n) is 16.2. The molecule has 0 aliphatic carbocycles. The number of nitrogens with zero attached hydrogens (tertiary/aromatic N) is 3. The molecule has 0 bridgehead atoms. The second kappa shape index (κ2) is 8.02. The molecule has 4 N–H and O–H groups in total. The van der Waals surface area contributed by atoms with Gasteiger partial charge < -0.3 is 26.0 Å². The maximum atomic E-state index is 12.9. The van der Waals surface area contributed by atoms with Crippen LogP contribution in [0.25, 0.3) is 0 Å². The third-order valence-electron chi connectivity index (χ3n) is 5.03. The third-order valence-corrected chi connectivity index (χ3v) is 5.03. The summed E-state index contributed by atoms with van der Waals surface area (Å²) in [7, 11) is 0. The van der Waals surface area contributed by atoms with Crippen LogP contribution in [0, 0.1) is 0 Å². The van der Waals surface area contributed by atoms with Crippen molar-refractivity contribution >= 4 is 35.1 Å². The molecule has 3 heterocycles. The van der Waals surface area contributed by atoms with Crippen LogP contribution in [0.5, 0.6) is 0 Å². The number of carbonyl (C=O) groups is 2. The van der Waals surface area contributed by atoms with Gasteiger partial charge in [0, 0.05) is 25.2 Å². The fourth-order valence-electron chi connectivity index (χ4n) is 3.52. The van der Waals surface area contributed by atoms with Crippen LogP contribution < -0.4 is 21.3 Å². The van der Waals surface area contributed by atoms with Crippen LogP contribution in [-0.4, -0.2) is 48.1 Å². The van der Waals surface area contributed by atoms with Crippen molar-refractivity contribution < 1.29 is 27.5 Å². The molecule has 0 radical (unpaired) electrons. The number of fused-ring (bicyclic) bond motifs is 1. The molecule has 9 nitrogen and oxygen atoms in total. The number of alkyl halides is 3. The summed E-state index contributed by atoms with van der Waals surface area (Å²) in [5.41, 5.74) is 5.40. The van der Waals surface area contributed by atoms with Crippen molar-refractivity contribution in [3.05, 3.63) is 35.4 Å². The molecule has 4 rings (SSSR count). The van der Waals surface area contributed by atoms with Crippen molar-refractivity contribution in [2.45, 2.75) is 18.5 Å². The summed E-state index contributed by atoms with van der Waals surface area (Å²) in [6, 6.07) is 4.24. The Balaban J connectivity index is 1.62. The number of anilines is 4. The normalized spacial score (nSPS) is 18.9. The summed E-state index contributed by atoms with van der Waals surface area (Å²) >= 11 is 0. The topological polar surface area (TPSA) is 122 Å². The van der Waals surface area contributed by atoms with Gasteiger partial charge in [0.25, 0.3) is 0 Å². The minimum absolute atomic E-state index is 0.0238. The van der Waals surface area contributed by atoms with Crippen LogP contribution in [0.1, 0.15) is 23.5 Å². The number of benzene rings is 1. The third kappa shape index (κ3) is 4.38. The van der Waals surface area contributed by atoms with Crippen LogP contribution in [0.4, 0.5) is 36.4 Å². The monoisotopic (exact) mass is 436 g/mol. The van der Waals surface area contributed by atoms with Gasteiger partial charge >= 0.3 is 6.18 Å². The Hall–Kier alpha value is -3.41. The van der Waals surface area contributed by atoms with Gasteiger partial charge in [0.05, 0.1) is 30.3 Å². The number of nitrogens with one attached hydrogen (secondary N) is 2. The Labute approximate surface area is 174 Å². The molecule has 0 saturated carbocycles. The lowest BCUT2D eigenvalue weighted by Gasteiger charge is -2.30. The number of morpholine rings is 1. The number of rotatable bonds is 3. The Morgan fingerprint density at radius 3 is 2.71 bits per heavy atom. The van der Waals surface area contributed by atoms with E-state index in [0.717, 1.165) is 12.1 Å². The first kappa shape index (κ1) is 20.8. The van der Waals surface area contributed by atoms with E-state index in [-0.39, 0.29) is 29.3 Å². The molecule has 1 unspecified atom stereocenters. The molecule has 164 valence electrons. The Morgan fingerprint density at radius 2 is 2.00 bits per heavy atom. The zero-order valence-corrected chi connectivity index (χ0v) is 16.2. The number of halogens is 3. The maximum absolute atomic E-state index is 12.9. The number of hydrogen-bond acceptors (Lipinski definition) is 7. The number of hydrogen-bond donors (Lipinski definition) is 3. The molecule has 0 spiro atoms. The van der Waals surface area contributed by atoms with Crippen LogP contribution in [-0.2, 0) is 20.5 Å². The van der Waals surface area contributed by atoms with Crippen LogP contribution >= 0.6 is 0 Å². The first-order valence-corrected chi connectivity index (χ1v) is 9.50. The van der Waals surface area contributed by atoms with Crippen molar-refractivity contribution in [1.82, 2.24) is 9.97 Å². The molecule has 1 atom stereocenters. The predicted octanol–water partition coefficient (Wildman–Crippen LogP) is 1.98. The van der Waals surface area contributed by atoms with E-state index in [2.05, 4.69) is 20.6 Å². The molecule has 2 aliphatic heterocycles. The van der Waals surface area contributed by atoms with E-state index >= 15 is 0 Å². The number of carbonyl (C=O) groups excluding carboxylic acids is 2. The van der Waals surface area contributed by atoms with E-state index in [0.29, 0.717) is 32.3 Å². The summed E-state index contributed by atoms with van der Waals surface area (Å²) in [5, 5.41) is 5.03. The number of ether oxygens (including phenoxy) is 1. The van der Waals surface area contributed by atoms with Gasteiger partial charge in [-0.05, 0) is 18.2 Å². The Kier molecular flexibility index (Phi) is 5.39. The number of nitrogen functional groups attached to an aromatic ring is 1. The number of nitrogens with two attached hydrogens (primary N) is 1. The predicted molar refractivity (Wildman–Crippen MR) is 106 cm³/mol. The molecule has 1 fully saturated rings. The van der Waals surface area contributed by atoms with Crippen molar-refractivity contribution in [2.75, 3.05) is 47.6 Å². The first-order chi connectivity index (χ1) is 14.7. The van der Waals surface area contributed by atoms with Crippen LogP contribution in [0.2, 0.25) is 0 Å². The lowest BCUT2D eigenvalue weighted by Crippen LogP contribution is -2.38. The minimum Gasteiger partial charge on any atom is -0.383 e. The molecule has 1 aromatic carbocycles. The van der Waals surface area contributed by atoms with Gasteiger partial charge in [-0.15, -0.1) is 0 Å². The molecular formula is C19H19F3N6O3. The zero-order chi connectivity index (χ0) is 22.2. The largest absolute Gasteiger partial charge is 0.416 e. The molecule has 2 amide bonds. The van der Waals surface area contributed by atoms with Gasteiger partial charge in [-0.25, -0.2) is 0 Å². The van der Waals surface area contributed by atoms with E-state index in [9.17, 15) is 22.8 Å². The molecule has 31 heavy (non-hydrogen) atoms. The van der Waals surface area contributed by atoms with Gasteiger partial charge in [0.2, 0.25) is 17.8 Å². The average molecular weight is 436 g/mol. The van der Waals surface area contributed by atoms with Gasteiger partial charge in [0.1, 0.15) is 11.6 Å². The lowest BCUT2D eigenvalue weighted by atomic mass is 9.91. The highest BCUT2D eigenvalue weighted by molar-refractivity contribution is 6.05. The fraction of sp³-hybridized carbons (Fsp3) is 0.368. The maximum Gasteiger partial charge on any atom is 0.416 e. The smallest absolute Gasteiger partial charge is 0.383 e. The molecule has 1 saturated heterocycles. The second-order valence-corrected chi connectivity index (χ2v) is 7.14. The van der Waals surface area contributed by atoms with Gasteiger partial charge in [-0.3, -0.25) is 9.59 Å². The number of amides is 2.